The van der Waals surface area contributed by atoms with E-state index in [1.807, 2.05) is 18.2 Å². The topological polar surface area (TPSA) is 47.6 Å². The van der Waals surface area contributed by atoms with Gasteiger partial charge in [-0.3, -0.25) is 4.79 Å². The number of hydrogen-bond donors (Lipinski definition) is 1. The zero-order valence-electron chi connectivity index (χ0n) is 13.6. The minimum absolute atomic E-state index is 0.114. The lowest BCUT2D eigenvalue weighted by Gasteiger charge is -2.14. The molecule has 0 heterocycles. The quantitative estimate of drug-likeness (QED) is 0.650. The number of anilines is 1. The molecule has 0 unspecified atom stereocenters. The molecule has 0 fully saturated rings. The Hall–Kier alpha value is -3.41. The van der Waals surface area contributed by atoms with Crippen molar-refractivity contribution in [3.8, 4) is 17.2 Å². The predicted octanol–water partition coefficient (Wildman–Crippen LogP) is 5.33. The molecule has 3 rings (SSSR count). The minimum Gasteiger partial charge on any atom is -0.457 e. The van der Waals surface area contributed by atoms with E-state index in [0.717, 1.165) is 0 Å². The molecule has 0 spiro atoms. The molecule has 0 atom stereocenters. The van der Waals surface area contributed by atoms with Crippen LogP contribution < -0.4 is 14.8 Å². The van der Waals surface area contributed by atoms with Crippen LogP contribution >= 0.6 is 0 Å². The van der Waals surface area contributed by atoms with Gasteiger partial charge in [-0.25, -0.2) is 0 Å². The molecule has 132 valence electrons. The third-order valence-electron chi connectivity index (χ3n) is 3.45. The predicted molar refractivity (Wildman–Crippen MR) is 94.0 cm³/mol. The van der Waals surface area contributed by atoms with Gasteiger partial charge in [-0.2, -0.15) is 8.78 Å². The van der Waals surface area contributed by atoms with Crippen molar-refractivity contribution in [2.45, 2.75) is 6.61 Å². The number of halogens is 2. The summed E-state index contributed by atoms with van der Waals surface area (Å²) in [5.74, 6) is 0.316. The lowest BCUT2D eigenvalue weighted by molar-refractivity contribution is -0.0493. The number of carbonyl (C=O) groups excluding carboxylic acids is 1. The highest BCUT2D eigenvalue weighted by Crippen LogP contribution is 2.29. The van der Waals surface area contributed by atoms with Gasteiger partial charge in [0.1, 0.15) is 17.2 Å². The van der Waals surface area contributed by atoms with Gasteiger partial charge in [-0.15, -0.1) is 0 Å². The van der Waals surface area contributed by atoms with Gasteiger partial charge in [-0.05, 0) is 36.4 Å². The fourth-order valence-electron chi connectivity index (χ4n) is 2.32. The van der Waals surface area contributed by atoms with E-state index in [1.165, 1.54) is 12.1 Å². The Bertz CT molecular complexity index is 885. The maximum Gasteiger partial charge on any atom is 0.387 e. The molecule has 0 radical (unpaired) electrons. The summed E-state index contributed by atoms with van der Waals surface area (Å²) in [4.78, 5) is 12.6. The van der Waals surface area contributed by atoms with Crippen LogP contribution in [0.1, 0.15) is 10.4 Å². The molecule has 0 aliphatic heterocycles. The second kappa shape index (κ2) is 8.11. The van der Waals surface area contributed by atoms with Gasteiger partial charge < -0.3 is 14.8 Å². The SMILES string of the molecule is O=C(Nc1ccccc1OC(F)F)c1ccccc1Oc1ccccc1. The first kappa shape index (κ1) is 17.4. The molecule has 0 aliphatic rings. The fourth-order valence-corrected chi connectivity index (χ4v) is 2.32. The van der Waals surface area contributed by atoms with Gasteiger partial charge in [0, 0.05) is 0 Å². The zero-order chi connectivity index (χ0) is 18.4. The van der Waals surface area contributed by atoms with Crippen LogP contribution in [0.4, 0.5) is 14.5 Å². The van der Waals surface area contributed by atoms with Crippen LogP contribution in [0, 0.1) is 0 Å². The first-order chi connectivity index (χ1) is 12.6. The second-order valence-corrected chi connectivity index (χ2v) is 5.24. The van der Waals surface area contributed by atoms with Crippen LogP contribution in [0.25, 0.3) is 0 Å². The van der Waals surface area contributed by atoms with Crippen molar-refractivity contribution in [2.24, 2.45) is 0 Å². The van der Waals surface area contributed by atoms with E-state index in [1.54, 1.807) is 48.5 Å². The summed E-state index contributed by atoms with van der Waals surface area (Å²) in [6.07, 6.45) is 0. The van der Waals surface area contributed by atoms with E-state index in [0.29, 0.717) is 11.5 Å². The van der Waals surface area contributed by atoms with E-state index < -0.39 is 12.5 Å². The molecule has 1 amide bonds. The number of amides is 1. The fraction of sp³-hybridized carbons (Fsp3) is 0.0500. The van der Waals surface area contributed by atoms with Gasteiger partial charge in [0.25, 0.3) is 5.91 Å². The Labute approximate surface area is 149 Å². The van der Waals surface area contributed by atoms with Crippen molar-refractivity contribution in [1.29, 1.82) is 0 Å². The maximum atomic E-state index is 12.6. The molecule has 0 saturated heterocycles. The van der Waals surface area contributed by atoms with Crippen molar-refractivity contribution in [3.63, 3.8) is 0 Å². The summed E-state index contributed by atoms with van der Waals surface area (Å²) in [6.45, 7) is -2.98. The molecular weight excluding hydrogens is 340 g/mol. The first-order valence-electron chi connectivity index (χ1n) is 7.80. The standard InChI is InChI=1S/C20H15F2NO3/c21-20(22)26-18-13-7-5-11-16(18)23-19(24)15-10-4-6-12-17(15)25-14-8-2-1-3-9-14/h1-13,20H,(H,23,24). The Morgan fingerprint density at radius 3 is 2.15 bits per heavy atom. The average Bonchev–Trinajstić information content (AvgIpc) is 2.64. The average molecular weight is 355 g/mol. The van der Waals surface area contributed by atoms with Crippen LogP contribution in [0.3, 0.4) is 0 Å². The van der Waals surface area contributed by atoms with Crippen LogP contribution in [0.15, 0.2) is 78.9 Å². The second-order valence-electron chi connectivity index (χ2n) is 5.24. The third-order valence-corrected chi connectivity index (χ3v) is 3.45. The van der Waals surface area contributed by atoms with E-state index in [4.69, 9.17) is 4.74 Å². The Balaban J connectivity index is 1.83. The lowest BCUT2D eigenvalue weighted by Crippen LogP contribution is -2.14. The molecule has 3 aromatic carbocycles. The van der Waals surface area contributed by atoms with Crippen molar-refractivity contribution in [1.82, 2.24) is 0 Å². The molecular formula is C20H15F2NO3. The third kappa shape index (κ3) is 4.36. The van der Waals surface area contributed by atoms with Crippen molar-refractivity contribution >= 4 is 11.6 Å². The number of nitrogens with one attached hydrogen (secondary N) is 1. The summed E-state index contributed by atoms with van der Waals surface area (Å²) in [5.41, 5.74) is 0.413. The first-order valence-corrected chi connectivity index (χ1v) is 7.80. The number of carbonyl (C=O) groups is 1. The molecule has 0 aromatic heterocycles. The number of hydrogen-bond acceptors (Lipinski definition) is 3. The zero-order valence-corrected chi connectivity index (χ0v) is 13.6. The summed E-state index contributed by atoms with van der Waals surface area (Å²) < 4.78 is 35.2. The van der Waals surface area contributed by atoms with Gasteiger partial charge >= 0.3 is 6.61 Å². The van der Waals surface area contributed by atoms with Crippen molar-refractivity contribution in [3.05, 3.63) is 84.4 Å². The maximum absolute atomic E-state index is 12.6. The summed E-state index contributed by atoms with van der Waals surface area (Å²) in [6, 6.07) is 21.7. The molecule has 3 aromatic rings. The molecule has 6 heteroatoms. The molecule has 1 N–H and O–H groups in total. The van der Waals surface area contributed by atoms with Crippen LogP contribution in [-0.4, -0.2) is 12.5 Å². The Morgan fingerprint density at radius 2 is 1.42 bits per heavy atom. The summed E-state index contributed by atoms with van der Waals surface area (Å²) in [7, 11) is 0. The van der Waals surface area contributed by atoms with Crippen LogP contribution in [0.5, 0.6) is 17.2 Å². The van der Waals surface area contributed by atoms with Crippen LogP contribution in [0.2, 0.25) is 0 Å². The monoisotopic (exact) mass is 355 g/mol. The molecule has 4 nitrogen and oxygen atoms in total. The van der Waals surface area contributed by atoms with E-state index >= 15 is 0 Å². The lowest BCUT2D eigenvalue weighted by atomic mass is 10.1. The number of para-hydroxylation sites is 4. The number of rotatable bonds is 6. The molecule has 0 saturated carbocycles. The van der Waals surface area contributed by atoms with E-state index in [-0.39, 0.29) is 17.0 Å². The number of alkyl halides is 2. The normalized spacial score (nSPS) is 10.4. The smallest absolute Gasteiger partial charge is 0.387 e. The summed E-state index contributed by atoms with van der Waals surface area (Å²) in [5, 5.41) is 2.58. The van der Waals surface area contributed by atoms with Gasteiger partial charge in [0.2, 0.25) is 0 Å². The van der Waals surface area contributed by atoms with Gasteiger partial charge in [0.15, 0.2) is 0 Å². The molecule has 0 bridgehead atoms. The van der Waals surface area contributed by atoms with Crippen molar-refractivity contribution in [2.75, 3.05) is 5.32 Å². The molecule has 0 aliphatic carbocycles. The largest absolute Gasteiger partial charge is 0.457 e. The number of benzene rings is 3. The Morgan fingerprint density at radius 1 is 0.808 bits per heavy atom. The summed E-state index contributed by atoms with van der Waals surface area (Å²) >= 11 is 0. The van der Waals surface area contributed by atoms with Crippen molar-refractivity contribution < 1.29 is 23.0 Å². The highest BCUT2D eigenvalue weighted by molar-refractivity contribution is 6.06. The minimum atomic E-state index is -2.98. The van der Waals surface area contributed by atoms with Gasteiger partial charge in [0.05, 0.1) is 11.3 Å². The van der Waals surface area contributed by atoms with Gasteiger partial charge in [-0.1, -0.05) is 42.5 Å². The highest BCUT2D eigenvalue weighted by Gasteiger charge is 2.16. The molecule has 26 heavy (non-hydrogen) atoms. The highest BCUT2D eigenvalue weighted by atomic mass is 19.3. The van der Waals surface area contributed by atoms with E-state index in [9.17, 15) is 13.6 Å². The van der Waals surface area contributed by atoms with Crippen LogP contribution in [-0.2, 0) is 0 Å². The number of ether oxygens (including phenoxy) is 2. The Kier molecular flexibility index (Phi) is 5.43. The van der Waals surface area contributed by atoms with E-state index in [2.05, 4.69) is 10.1 Å².